The topological polar surface area (TPSA) is 200 Å². The van der Waals surface area contributed by atoms with Crippen LogP contribution in [0.15, 0.2) is 36.8 Å². The first-order chi connectivity index (χ1) is 15.7. The number of phenols is 1. The number of thiol groups is 1. The number of aromatic hydroxyl groups is 1. The molecule has 0 bridgehead atoms. The van der Waals surface area contributed by atoms with E-state index >= 15 is 0 Å². The first kappa shape index (κ1) is 25.7. The summed E-state index contributed by atoms with van der Waals surface area (Å²) in [6, 6.07) is 2.80. The highest BCUT2D eigenvalue weighted by atomic mass is 32.1. The number of amides is 3. The summed E-state index contributed by atoms with van der Waals surface area (Å²) in [6.07, 6.45) is 2.88. The molecule has 12 nitrogen and oxygen atoms in total. The highest BCUT2D eigenvalue weighted by Crippen LogP contribution is 2.11. The predicted octanol–water partition coefficient (Wildman–Crippen LogP) is -1.67. The van der Waals surface area contributed by atoms with Crippen molar-refractivity contribution in [2.24, 2.45) is 5.73 Å². The van der Waals surface area contributed by atoms with Crippen molar-refractivity contribution in [1.82, 2.24) is 25.9 Å². The minimum Gasteiger partial charge on any atom is -0.508 e. The van der Waals surface area contributed by atoms with Crippen LogP contribution >= 0.6 is 12.6 Å². The molecule has 0 aliphatic rings. The van der Waals surface area contributed by atoms with Crippen molar-refractivity contribution in [3.63, 3.8) is 0 Å². The second-order valence-corrected chi connectivity index (χ2v) is 7.54. The zero-order valence-corrected chi connectivity index (χ0v) is 18.4. The first-order valence-electron chi connectivity index (χ1n) is 9.91. The molecule has 2 aromatic rings. The van der Waals surface area contributed by atoms with Crippen molar-refractivity contribution in [1.29, 1.82) is 0 Å². The maximum atomic E-state index is 12.7. The molecule has 0 radical (unpaired) electrons. The van der Waals surface area contributed by atoms with Crippen LogP contribution in [0, 0.1) is 0 Å². The Morgan fingerprint density at radius 2 is 1.76 bits per heavy atom. The summed E-state index contributed by atoms with van der Waals surface area (Å²) >= 11 is 3.97. The quantitative estimate of drug-likeness (QED) is 0.165. The number of nitrogens with one attached hydrogen (secondary N) is 4. The number of hydrogen-bond acceptors (Lipinski definition) is 8. The average molecular weight is 479 g/mol. The van der Waals surface area contributed by atoms with E-state index in [1.54, 1.807) is 12.1 Å². The highest BCUT2D eigenvalue weighted by molar-refractivity contribution is 7.80. The fraction of sp³-hybridized carbons (Fsp3) is 0.350. The van der Waals surface area contributed by atoms with E-state index in [1.165, 1.54) is 24.7 Å². The molecular formula is C20H26N6O6S. The number of H-pyrrole nitrogens is 1. The smallest absolute Gasteiger partial charge is 0.326 e. The third kappa shape index (κ3) is 8.46. The number of carboxylic acid groups (broad SMARTS) is 1. The minimum atomic E-state index is -1.25. The fourth-order valence-electron chi connectivity index (χ4n) is 2.79. The fourth-order valence-corrected chi connectivity index (χ4v) is 2.96. The second kappa shape index (κ2) is 12.5. The number of carbonyl (C=O) groups excluding carboxylic acids is 3. The lowest BCUT2D eigenvalue weighted by atomic mass is 10.0. The van der Waals surface area contributed by atoms with Crippen LogP contribution in [0.5, 0.6) is 5.75 Å². The highest BCUT2D eigenvalue weighted by Gasteiger charge is 2.25. The molecule has 2 rings (SSSR count). The maximum Gasteiger partial charge on any atom is 0.326 e. The molecule has 3 amide bonds. The van der Waals surface area contributed by atoms with Crippen LogP contribution in [0.2, 0.25) is 0 Å². The number of carboxylic acids is 1. The maximum absolute atomic E-state index is 12.7. The number of aromatic nitrogens is 2. The summed E-state index contributed by atoms with van der Waals surface area (Å²) in [4.78, 5) is 55.1. The predicted molar refractivity (Wildman–Crippen MR) is 120 cm³/mol. The lowest BCUT2D eigenvalue weighted by Gasteiger charge is -2.21. The molecular weight excluding hydrogens is 452 g/mol. The number of nitrogens with zero attached hydrogens (tertiary/aromatic N) is 1. The molecule has 1 aromatic carbocycles. The number of imidazole rings is 1. The van der Waals surface area contributed by atoms with Gasteiger partial charge in [-0.15, -0.1) is 0 Å². The molecule has 3 atom stereocenters. The van der Waals surface area contributed by atoms with E-state index < -0.39 is 48.4 Å². The van der Waals surface area contributed by atoms with Crippen molar-refractivity contribution in [3.05, 3.63) is 48.0 Å². The number of phenolic OH excluding ortho intramolecular Hbond substituents is 1. The van der Waals surface area contributed by atoms with Crippen LogP contribution in [0.3, 0.4) is 0 Å². The Bertz CT molecular complexity index is 952. The number of aliphatic carboxylic acids is 1. The number of hydrogen-bond donors (Lipinski definition) is 8. The van der Waals surface area contributed by atoms with Gasteiger partial charge in [0.1, 0.15) is 17.8 Å². The lowest BCUT2D eigenvalue weighted by molar-refractivity contribution is -0.141. The third-order valence-corrected chi connectivity index (χ3v) is 4.97. The Hall–Kier alpha value is -3.58. The van der Waals surface area contributed by atoms with Gasteiger partial charge < -0.3 is 36.9 Å². The molecule has 0 fully saturated rings. The Balaban J connectivity index is 1.99. The molecule has 0 spiro atoms. The molecule has 8 N–H and O–H groups in total. The van der Waals surface area contributed by atoms with E-state index in [1.807, 2.05) is 0 Å². The van der Waals surface area contributed by atoms with Crippen LogP contribution in [-0.2, 0) is 32.0 Å². The Morgan fingerprint density at radius 3 is 2.33 bits per heavy atom. The molecule has 1 aromatic heterocycles. The molecule has 13 heteroatoms. The van der Waals surface area contributed by atoms with Gasteiger partial charge in [-0.3, -0.25) is 14.4 Å². The Labute approximate surface area is 194 Å². The van der Waals surface area contributed by atoms with E-state index in [2.05, 4.69) is 38.5 Å². The van der Waals surface area contributed by atoms with Crippen LogP contribution in [0.25, 0.3) is 0 Å². The van der Waals surface area contributed by atoms with Gasteiger partial charge in [0, 0.05) is 30.5 Å². The second-order valence-electron chi connectivity index (χ2n) is 7.18. The largest absolute Gasteiger partial charge is 0.508 e. The van der Waals surface area contributed by atoms with Gasteiger partial charge in [0.15, 0.2) is 0 Å². The molecule has 33 heavy (non-hydrogen) atoms. The van der Waals surface area contributed by atoms with Crippen molar-refractivity contribution in [2.45, 2.75) is 31.0 Å². The molecule has 1 heterocycles. The summed E-state index contributed by atoms with van der Waals surface area (Å²) in [5.41, 5.74) is 6.82. The van der Waals surface area contributed by atoms with Gasteiger partial charge in [-0.2, -0.15) is 12.6 Å². The number of benzene rings is 1. The zero-order valence-electron chi connectivity index (χ0n) is 17.5. The van der Waals surface area contributed by atoms with Crippen molar-refractivity contribution >= 4 is 36.3 Å². The molecule has 3 unspecified atom stereocenters. The summed E-state index contributed by atoms with van der Waals surface area (Å²) in [6.45, 7) is -0.508. The molecule has 0 saturated carbocycles. The van der Waals surface area contributed by atoms with E-state index in [9.17, 15) is 29.4 Å². The number of rotatable bonds is 12. The average Bonchev–Trinajstić information content (AvgIpc) is 3.30. The van der Waals surface area contributed by atoms with Crippen molar-refractivity contribution in [3.8, 4) is 5.75 Å². The standard InChI is InChI=1S/C20H26N6O6S/c21-14(9-33)18(29)26-15(5-11-1-3-13(27)4-2-11)19(30)23-8-17(28)25-16(20(31)32)6-12-7-22-10-24-12/h1-4,7,10,14-16,27,33H,5-6,8-9,21H2,(H,22,24)(H,23,30)(H,25,28)(H,26,29)(H,31,32). The lowest BCUT2D eigenvalue weighted by Crippen LogP contribution is -2.54. The summed E-state index contributed by atoms with van der Waals surface area (Å²) in [5.74, 6) is -3.13. The van der Waals surface area contributed by atoms with Gasteiger partial charge in [-0.25, -0.2) is 9.78 Å². The molecule has 178 valence electrons. The van der Waals surface area contributed by atoms with Gasteiger partial charge in [0.05, 0.1) is 18.9 Å². The van der Waals surface area contributed by atoms with E-state index in [0.29, 0.717) is 11.3 Å². The Morgan fingerprint density at radius 1 is 1.06 bits per heavy atom. The zero-order chi connectivity index (χ0) is 24.4. The van der Waals surface area contributed by atoms with Gasteiger partial charge in [0.2, 0.25) is 17.7 Å². The number of nitrogens with two attached hydrogens (primary N) is 1. The summed E-state index contributed by atoms with van der Waals surface area (Å²) < 4.78 is 0. The van der Waals surface area contributed by atoms with E-state index in [4.69, 9.17) is 5.73 Å². The van der Waals surface area contributed by atoms with Crippen molar-refractivity contribution in [2.75, 3.05) is 12.3 Å². The van der Waals surface area contributed by atoms with Gasteiger partial charge >= 0.3 is 5.97 Å². The first-order valence-corrected chi connectivity index (χ1v) is 10.5. The van der Waals surface area contributed by atoms with E-state index in [-0.39, 0.29) is 24.3 Å². The van der Waals surface area contributed by atoms with Gasteiger partial charge in [-0.1, -0.05) is 12.1 Å². The summed E-state index contributed by atoms with van der Waals surface area (Å²) in [5, 5.41) is 26.0. The van der Waals surface area contributed by atoms with Gasteiger partial charge in [-0.05, 0) is 17.7 Å². The molecule has 0 saturated heterocycles. The van der Waals surface area contributed by atoms with Crippen LogP contribution in [-0.4, -0.2) is 74.3 Å². The SMILES string of the molecule is NC(CS)C(=O)NC(Cc1ccc(O)cc1)C(=O)NCC(=O)NC(Cc1cnc[nH]1)C(=O)O. The monoisotopic (exact) mass is 478 g/mol. The van der Waals surface area contributed by atoms with Crippen LogP contribution in [0.1, 0.15) is 11.3 Å². The van der Waals surface area contributed by atoms with E-state index in [0.717, 1.165) is 0 Å². The van der Waals surface area contributed by atoms with Crippen LogP contribution < -0.4 is 21.7 Å². The number of carbonyl (C=O) groups is 4. The summed E-state index contributed by atoms with van der Waals surface area (Å²) in [7, 11) is 0. The minimum absolute atomic E-state index is 0.0177. The van der Waals surface area contributed by atoms with Crippen LogP contribution in [0.4, 0.5) is 0 Å². The molecule has 0 aliphatic carbocycles. The molecule has 0 aliphatic heterocycles. The van der Waals surface area contributed by atoms with Gasteiger partial charge in [0.25, 0.3) is 0 Å². The third-order valence-electron chi connectivity index (χ3n) is 4.58. The normalized spacial score (nSPS) is 13.4. The Kier molecular flexibility index (Phi) is 9.69. The number of aromatic amines is 1. The van der Waals surface area contributed by atoms with Crippen molar-refractivity contribution < 1.29 is 29.4 Å².